The molecule has 0 amide bonds. The van der Waals surface area contributed by atoms with E-state index in [-0.39, 0.29) is 0 Å². The summed E-state index contributed by atoms with van der Waals surface area (Å²) in [4.78, 5) is -0.955. The largest absolute Gasteiger partial charge is 0.116 e. The van der Waals surface area contributed by atoms with Crippen molar-refractivity contribution in [1.29, 1.82) is 0 Å². The summed E-state index contributed by atoms with van der Waals surface area (Å²) in [7, 11) is 4.50. The van der Waals surface area contributed by atoms with E-state index < -0.39 is 9.75 Å². The zero-order chi connectivity index (χ0) is 14.4. The summed E-state index contributed by atoms with van der Waals surface area (Å²) in [6.07, 6.45) is 1.70. The zero-order valence-electron chi connectivity index (χ0n) is 11.4. The second-order valence-corrected chi connectivity index (χ2v) is 6.58. The van der Waals surface area contributed by atoms with Gasteiger partial charge in [-0.15, -0.1) is 23.2 Å². The molecule has 0 aliphatic heterocycles. The van der Waals surface area contributed by atoms with Gasteiger partial charge in [-0.3, -0.25) is 0 Å². The fourth-order valence-electron chi connectivity index (χ4n) is 3.56. The first kappa shape index (κ1) is 14.0. The maximum absolute atomic E-state index is 7.04. The van der Waals surface area contributed by atoms with Gasteiger partial charge in [0.1, 0.15) is 4.87 Å². The number of rotatable bonds is 0. The summed E-state index contributed by atoms with van der Waals surface area (Å²) < 4.78 is 0. The van der Waals surface area contributed by atoms with Gasteiger partial charge in [-0.2, -0.15) is 0 Å². The van der Waals surface area contributed by atoms with Crippen LogP contribution in [0.4, 0.5) is 0 Å². The van der Waals surface area contributed by atoms with Crippen LogP contribution in [-0.2, 0) is 17.7 Å². The third-order valence-electron chi connectivity index (χ3n) is 4.34. The molecule has 0 aromatic heterocycles. The summed E-state index contributed by atoms with van der Waals surface area (Å²) in [5.74, 6) is 0. The molecule has 0 atom stereocenters. The monoisotopic (exact) mass is 300 g/mol. The van der Waals surface area contributed by atoms with Gasteiger partial charge < -0.3 is 0 Å². The lowest BCUT2D eigenvalue weighted by molar-refractivity contribution is 0.545. The molecule has 0 saturated heterocycles. The van der Waals surface area contributed by atoms with Crippen molar-refractivity contribution in [3.8, 4) is 0 Å². The van der Waals surface area contributed by atoms with Gasteiger partial charge in [0, 0.05) is 0 Å². The maximum Gasteiger partial charge on any atom is 0.115 e. The van der Waals surface area contributed by atoms with Gasteiger partial charge in [0.2, 0.25) is 0 Å². The van der Waals surface area contributed by atoms with Crippen LogP contribution in [0.2, 0.25) is 6.82 Å². The molecule has 0 unspecified atom stereocenters. The SMILES string of the molecule is ClC12Cc3ccccc3C1(Cl)c1ccccc1C2.[B]C. The molecule has 2 aliphatic carbocycles. The molecule has 0 N–H and O–H groups in total. The second-order valence-electron chi connectivity index (χ2n) is 5.29. The predicted molar refractivity (Wildman–Crippen MR) is 87.1 cm³/mol. The molecule has 0 heterocycles. The molecule has 2 aromatic rings. The number of alkyl halides is 2. The first-order valence-corrected chi connectivity index (χ1v) is 7.53. The lowest BCUT2D eigenvalue weighted by Crippen LogP contribution is -2.37. The standard InChI is InChI=1S/C16H12Cl2.CH3B/c17-15-9-11-5-1-3-7-13(11)16(15,18)14-8-4-2-6-12(14)10-15;1-2/h1-8H,9-10H2;1H3. The van der Waals surface area contributed by atoms with Crippen molar-refractivity contribution in [1.82, 2.24) is 0 Å². The Balaban J connectivity index is 0.000000581. The molecule has 0 saturated carbocycles. The Kier molecular flexibility index (Phi) is 3.39. The Morgan fingerprint density at radius 3 is 1.65 bits per heavy atom. The third-order valence-corrected chi connectivity index (χ3v) is 5.75. The molecule has 0 spiro atoms. The Labute approximate surface area is 131 Å². The first-order valence-electron chi connectivity index (χ1n) is 6.77. The van der Waals surface area contributed by atoms with Crippen molar-refractivity contribution in [3.63, 3.8) is 0 Å². The lowest BCUT2D eigenvalue weighted by atomic mass is 9.90. The van der Waals surface area contributed by atoms with Crippen molar-refractivity contribution in [2.75, 3.05) is 0 Å². The average Bonchev–Trinajstić information content (AvgIpc) is 2.84. The Morgan fingerprint density at radius 2 is 1.20 bits per heavy atom. The molecule has 0 bridgehead atoms. The zero-order valence-corrected chi connectivity index (χ0v) is 12.9. The van der Waals surface area contributed by atoms with E-state index in [9.17, 15) is 0 Å². The van der Waals surface area contributed by atoms with Gasteiger partial charge in [0.05, 0.1) is 12.7 Å². The summed E-state index contributed by atoms with van der Waals surface area (Å²) in [5, 5.41) is 0. The van der Waals surface area contributed by atoms with Crippen molar-refractivity contribution in [2.45, 2.75) is 29.4 Å². The van der Waals surface area contributed by atoms with E-state index in [1.54, 1.807) is 0 Å². The summed E-state index contributed by atoms with van der Waals surface area (Å²) >= 11 is 13.9. The second kappa shape index (κ2) is 4.82. The molecule has 2 radical (unpaired) electrons. The molecule has 2 aliphatic rings. The molecular formula is C17H15BCl2. The van der Waals surface area contributed by atoms with Crippen LogP contribution in [0.5, 0.6) is 0 Å². The van der Waals surface area contributed by atoms with Gasteiger partial charge in [-0.25, -0.2) is 0 Å². The maximum atomic E-state index is 7.04. The van der Waals surface area contributed by atoms with Gasteiger partial charge in [0.25, 0.3) is 0 Å². The molecule has 0 nitrogen and oxygen atoms in total. The molecule has 0 fully saturated rings. The number of hydrogen-bond donors (Lipinski definition) is 0. The van der Waals surface area contributed by atoms with E-state index in [2.05, 4.69) is 44.2 Å². The van der Waals surface area contributed by atoms with E-state index >= 15 is 0 Å². The first-order chi connectivity index (χ1) is 9.65. The highest BCUT2D eigenvalue weighted by molar-refractivity contribution is 6.38. The molecule has 3 heteroatoms. The van der Waals surface area contributed by atoms with Gasteiger partial charge in [-0.05, 0) is 35.1 Å². The third kappa shape index (κ3) is 1.63. The minimum Gasteiger partial charge on any atom is -0.116 e. The van der Waals surface area contributed by atoms with Crippen molar-refractivity contribution in [2.24, 2.45) is 0 Å². The van der Waals surface area contributed by atoms with E-state index in [1.165, 1.54) is 29.1 Å². The Morgan fingerprint density at radius 1 is 0.800 bits per heavy atom. The fraction of sp³-hybridized carbons (Fsp3) is 0.294. The fourth-order valence-corrected chi connectivity index (χ4v) is 4.55. The van der Waals surface area contributed by atoms with Gasteiger partial charge in [-0.1, -0.05) is 55.4 Å². The Hall–Kier alpha value is -0.915. The Bertz CT molecular complexity index is 601. The van der Waals surface area contributed by atoms with Crippen LogP contribution in [0.3, 0.4) is 0 Å². The molecule has 4 rings (SSSR count). The van der Waals surface area contributed by atoms with Gasteiger partial charge >= 0.3 is 0 Å². The highest BCUT2D eigenvalue weighted by atomic mass is 35.5. The van der Waals surface area contributed by atoms with Gasteiger partial charge in [0.15, 0.2) is 0 Å². The molecule has 2 aromatic carbocycles. The molecule has 100 valence electrons. The average molecular weight is 301 g/mol. The van der Waals surface area contributed by atoms with E-state index in [0.717, 1.165) is 12.8 Å². The van der Waals surface area contributed by atoms with Crippen LogP contribution in [0.1, 0.15) is 22.3 Å². The van der Waals surface area contributed by atoms with E-state index in [0.29, 0.717) is 0 Å². The molecular weight excluding hydrogens is 286 g/mol. The van der Waals surface area contributed by atoms with Crippen molar-refractivity contribution in [3.05, 3.63) is 70.8 Å². The van der Waals surface area contributed by atoms with Crippen LogP contribution in [-0.4, -0.2) is 12.7 Å². The highest BCUT2D eigenvalue weighted by Crippen LogP contribution is 2.62. The van der Waals surface area contributed by atoms with Crippen LogP contribution in [0.25, 0.3) is 0 Å². The van der Waals surface area contributed by atoms with Crippen molar-refractivity contribution < 1.29 is 0 Å². The number of hydrogen-bond acceptors (Lipinski definition) is 0. The normalized spacial score (nSPS) is 28.9. The molecule has 20 heavy (non-hydrogen) atoms. The minimum atomic E-state index is -0.554. The van der Waals surface area contributed by atoms with Crippen LogP contribution < -0.4 is 0 Å². The van der Waals surface area contributed by atoms with Crippen LogP contribution in [0, 0.1) is 0 Å². The van der Waals surface area contributed by atoms with Crippen LogP contribution >= 0.6 is 23.2 Å². The number of benzene rings is 2. The topological polar surface area (TPSA) is 0 Å². The smallest absolute Gasteiger partial charge is 0.115 e. The summed E-state index contributed by atoms with van der Waals surface area (Å²) in [5.41, 5.74) is 4.95. The minimum absolute atomic E-state index is 0.401. The predicted octanol–water partition coefficient (Wildman–Crippen LogP) is 4.46. The van der Waals surface area contributed by atoms with E-state index in [1.807, 2.05) is 12.1 Å². The van der Waals surface area contributed by atoms with Crippen LogP contribution in [0.15, 0.2) is 48.5 Å². The quantitative estimate of drug-likeness (QED) is 0.498. The summed E-state index contributed by atoms with van der Waals surface area (Å²) in [6, 6.07) is 16.7. The lowest BCUT2D eigenvalue weighted by Gasteiger charge is -2.31. The number of halogens is 2. The highest BCUT2D eigenvalue weighted by Gasteiger charge is 2.61. The van der Waals surface area contributed by atoms with E-state index in [4.69, 9.17) is 23.2 Å². The van der Waals surface area contributed by atoms with Crippen molar-refractivity contribution >= 4 is 31.0 Å². The number of fused-ring (bicyclic) bond motifs is 5. The summed E-state index contributed by atoms with van der Waals surface area (Å²) in [6.45, 7) is 1.50.